The minimum atomic E-state index is -3.13. The first kappa shape index (κ1) is 15.1. The van der Waals surface area contributed by atoms with Gasteiger partial charge >= 0.3 is 0 Å². The molecule has 1 aliphatic heterocycles. The number of pyridine rings is 2. The van der Waals surface area contributed by atoms with Crippen LogP contribution in [-0.4, -0.2) is 42.0 Å². The molecule has 0 unspecified atom stereocenters. The van der Waals surface area contributed by atoms with Crippen LogP contribution in [0.5, 0.6) is 0 Å². The molecule has 22 heavy (non-hydrogen) atoms. The van der Waals surface area contributed by atoms with Crippen LogP contribution in [0, 0.1) is 0 Å². The van der Waals surface area contributed by atoms with E-state index in [1.54, 1.807) is 16.7 Å². The van der Waals surface area contributed by atoms with Crippen LogP contribution < -0.4 is 0 Å². The third-order valence-electron chi connectivity index (χ3n) is 4.00. The standard InChI is InChI=1S/C16H19N3O2S/c1-22(20,21)19-10-4-6-14(12-19)16-8-2-7-15(18-16)13-5-3-9-17-11-13/h2-3,5,7-9,11,14H,4,6,10,12H2,1H3/t14-/m0/s1. The second kappa shape index (κ2) is 6.14. The number of nitrogens with zero attached hydrogens (tertiary/aromatic N) is 3. The molecule has 1 fully saturated rings. The Morgan fingerprint density at radius 2 is 2.09 bits per heavy atom. The molecule has 1 atom stereocenters. The van der Waals surface area contributed by atoms with Crippen molar-refractivity contribution < 1.29 is 8.42 Å². The van der Waals surface area contributed by atoms with Gasteiger partial charge in [0.25, 0.3) is 0 Å². The topological polar surface area (TPSA) is 63.2 Å². The van der Waals surface area contributed by atoms with E-state index in [0.717, 1.165) is 29.8 Å². The van der Waals surface area contributed by atoms with Gasteiger partial charge in [-0.2, -0.15) is 0 Å². The smallest absolute Gasteiger partial charge is 0.211 e. The molecule has 1 aliphatic rings. The fraction of sp³-hybridized carbons (Fsp3) is 0.375. The first-order chi connectivity index (χ1) is 10.5. The second-order valence-corrected chi connectivity index (χ2v) is 7.63. The molecule has 5 nitrogen and oxygen atoms in total. The van der Waals surface area contributed by atoms with Crippen LogP contribution in [0.15, 0.2) is 42.7 Å². The summed E-state index contributed by atoms with van der Waals surface area (Å²) < 4.78 is 25.1. The van der Waals surface area contributed by atoms with Gasteiger partial charge in [-0.25, -0.2) is 12.7 Å². The summed E-state index contributed by atoms with van der Waals surface area (Å²) in [5.74, 6) is 0.153. The average Bonchev–Trinajstić information content (AvgIpc) is 2.55. The van der Waals surface area contributed by atoms with E-state index in [1.165, 1.54) is 6.26 Å². The summed E-state index contributed by atoms with van der Waals surface area (Å²) in [4.78, 5) is 8.84. The maximum atomic E-state index is 11.7. The monoisotopic (exact) mass is 317 g/mol. The van der Waals surface area contributed by atoms with Crippen molar-refractivity contribution in [2.75, 3.05) is 19.3 Å². The molecule has 0 radical (unpaired) electrons. The molecular weight excluding hydrogens is 298 g/mol. The zero-order valence-corrected chi connectivity index (χ0v) is 13.3. The lowest BCUT2D eigenvalue weighted by molar-refractivity contribution is 0.314. The Kier molecular flexibility index (Phi) is 4.22. The Bertz CT molecular complexity index is 747. The molecule has 2 aromatic rings. The van der Waals surface area contributed by atoms with Crippen molar-refractivity contribution in [2.45, 2.75) is 18.8 Å². The Morgan fingerprint density at radius 3 is 2.82 bits per heavy atom. The normalized spacial score (nSPS) is 20.0. The van der Waals surface area contributed by atoms with E-state index in [2.05, 4.69) is 4.98 Å². The fourth-order valence-corrected chi connectivity index (χ4v) is 3.75. The Labute approximate surface area is 131 Å². The van der Waals surface area contributed by atoms with Crippen molar-refractivity contribution in [3.63, 3.8) is 0 Å². The number of rotatable bonds is 3. The predicted octanol–water partition coefficient (Wildman–Crippen LogP) is 2.28. The second-order valence-electron chi connectivity index (χ2n) is 5.65. The van der Waals surface area contributed by atoms with Gasteiger partial charge in [0.15, 0.2) is 0 Å². The highest BCUT2D eigenvalue weighted by Gasteiger charge is 2.27. The van der Waals surface area contributed by atoms with Gasteiger partial charge in [0, 0.05) is 42.7 Å². The molecule has 0 aliphatic carbocycles. The number of hydrogen-bond acceptors (Lipinski definition) is 4. The number of aromatic nitrogens is 2. The van der Waals surface area contributed by atoms with Crippen molar-refractivity contribution in [1.82, 2.24) is 14.3 Å². The van der Waals surface area contributed by atoms with Gasteiger partial charge in [-0.05, 0) is 37.1 Å². The van der Waals surface area contributed by atoms with Gasteiger partial charge in [0.05, 0.1) is 11.9 Å². The number of piperidine rings is 1. The van der Waals surface area contributed by atoms with E-state index in [0.29, 0.717) is 13.1 Å². The molecule has 0 amide bonds. The summed E-state index contributed by atoms with van der Waals surface area (Å²) in [5.41, 5.74) is 2.80. The van der Waals surface area contributed by atoms with Crippen LogP contribution in [0.1, 0.15) is 24.5 Å². The van der Waals surface area contributed by atoms with E-state index in [4.69, 9.17) is 4.98 Å². The maximum Gasteiger partial charge on any atom is 0.211 e. The highest BCUT2D eigenvalue weighted by Crippen LogP contribution is 2.28. The van der Waals surface area contributed by atoms with E-state index in [-0.39, 0.29) is 5.92 Å². The molecule has 3 heterocycles. The van der Waals surface area contributed by atoms with Crippen molar-refractivity contribution in [2.24, 2.45) is 0 Å². The van der Waals surface area contributed by atoms with Crippen LogP contribution in [-0.2, 0) is 10.0 Å². The lowest BCUT2D eigenvalue weighted by atomic mass is 9.95. The minimum absolute atomic E-state index is 0.153. The zero-order valence-electron chi connectivity index (χ0n) is 12.5. The van der Waals surface area contributed by atoms with E-state index >= 15 is 0 Å². The van der Waals surface area contributed by atoms with Crippen LogP contribution >= 0.6 is 0 Å². The summed E-state index contributed by atoms with van der Waals surface area (Å²) in [7, 11) is -3.13. The summed E-state index contributed by atoms with van der Waals surface area (Å²) in [6.45, 7) is 1.12. The molecule has 3 rings (SSSR count). The predicted molar refractivity (Wildman–Crippen MR) is 85.9 cm³/mol. The largest absolute Gasteiger partial charge is 0.264 e. The molecule has 6 heteroatoms. The summed E-state index contributed by atoms with van der Waals surface area (Å²) in [6, 6.07) is 9.77. The lowest BCUT2D eigenvalue weighted by Crippen LogP contribution is -2.38. The van der Waals surface area contributed by atoms with Crippen LogP contribution in [0.3, 0.4) is 0 Å². The zero-order chi connectivity index (χ0) is 15.6. The Balaban J connectivity index is 1.86. The quantitative estimate of drug-likeness (QED) is 0.871. The average molecular weight is 317 g/mol. The molecule has 0 saturated carbocycles. The molecule has 0 spiro atoms. The molecule has 1 saturated heterocycles. The highest BCUT2D eigenvalue weighted by molar-refractivity contribution is 7.88. The van der Waals surface area contributed by atoms with Crippen LogP contribution in [0.2, 0.25) is 0 Å². The molecule has 0 bridgehead atoms. The third kappa shape index (κ3) is 3.34. The van der Waals surface area contributed by atoms with Gasteiger partial charge in [-0.15, -0.1) is 0 Å². The van der Waals surface area contributed by atoms with Crippen LogP contribution in [0.4, 0.5) is 0 Å². The SMILES string of the molecule is CS(=O)(=O)N1CCC[C@H](c2cccc(-c3cccnc3)n2)C1. The van der Waals surface area contributed by atoms with Gasteiger partial charge in [0.2, 0.25) is 10.0 Å². The highest BCUT2D eigenvalue weighted by atomic mass is 32.2. The Hall–Kier alpha value is -1.79. The fourth-order valence-electron chi connectivity index (χ4n) is 2.84. The summed E-state index contributed by atoms with van der Waals surface area (Å²) in [6.07, 6.45) is 6.63. The van der Waals surface area contributed by atoms with Crippen molar-refractivity contribution in [3.8, 4) is 11.3 Å². The summed E-state index contributed by atoms with van der Waals surface area (Å²) >= 11 is 0. The first-order valence-corrected chi connectivity index (χ1v) is 9.21. The number of hydrogen-bond donors (Lipinski definition) is 0. The molecular formula is C16H19N3O2S. The van der Waals surface area contributed by atoms with Crippen LogP contribution in [0.25, 0.3) is 11.3 Å². The first-order valence-electron chi connectivity index (χ1n) is 7.36. The van der Waals surface area contributed by atoms with Gasteiger partial charge in [-0.1, -0.05) is 6.07 Å². The van der Waals surface area contributed by atoms with E-state index in [1.807, 2.05) is 30.3 Å². The van der Waals surface area contributed by atoms with E-state index < -0.39 is 10.0 Å². The minimum Gasteiger partial charge on any atom is -0.264 e. The van der Waals surface area contributed by atoms with Gasteiger partial charge < -0.3 is 0 Å². The Morgan fingerprint density at radius 1 is 1.23 bits per heavy atom. The number of sulfonamides is 1. The van der Waals surface area contributed by atoms with Gasteiger partial charge in [-0.3, -0.25) is 9.97 Å². The van der Waals surface area contributed by atoms with Crippen molar-refractivity contribution in [1.29, 1.82) is 0 Å². The molecule has 116 valence electrons. The maximum absolute atomic E-state index is 11.7. The summed E-state index contributed by atoms with van der Waals surface area (Å²) in [5, 5.41) is 0. The van der Waals surface area contributed by atoms with E-state index in [9.17, 15) is 8.42 Å². The molecule has 2 aromatic heterocycles. The van der Waals surface area contributed by atoms with Gasteiger partial charge in [0.1, 0.15) is 0 Å². The molecule has 0 N–H and O–H groups in total. The van der Waals surface area contributed by atoms with Crippen molar-refractivity contribution in [3.05, 3.63) is 48.4 Å². The third-order valence-corrected chi connectivity index (χ3v) is 5.27. The van der Waals surface area contributed by atoms with Crippen molar-refractivity contribution >= 4 is 10.0 Å². The lowest BCUT2D eigenvalue weighted by Gasteiger charge is -2.30. The molecule has 0 aromatic carbocycles.